The van der Waals surface area contributed by atoms with Gasteiger partial charge in [0.2, 0.25) is 5.91 Å². The lowest BCUT2D eigenvalue weighted by molar-refractivity contribution is -0.139. The van der Waals surface area contributed by atoms with Crippen LogP contribution in [0.5, 0.6) is 5.75 Å². The van der Waals surface area contributed by atoms with Gasteiger partial charge in [0.15, 0.2) is 6.10 Å². The zero-order chi connectivity index (χ0) is 15.7. The summed E-state index contributed by atoms with van der Waals surface area (Å²) in [6.45, 7) is 5.87. The molecule has 0 aliphatic carbocycles. The van der Waals surface area contributed by atoms with E-state index in [1.165, 1.54) is 0 Å². The van der Waals surface area contributed by atoms with Crippen LogP contribution in [0.15, 0.2) is 24.3 Å². The Hall–Kier alpha value is -2.04. The summed E-state index contributed by atoms with van der Waals surface area (Å²) >= 11 is 0. The number of anilines is 1. The molecule has 0 spiro atoms. The van der Waals surface area contributed by atoms with Crippen LogP contribution in [0, 0.1) is 11.8 Å². The normalized spacial score (nSPS) is 27.6. The molecule has 1 fully saturated rings. The molecule has 0 saturated carbocycles. The third-order valence-electron chi connectivity index (χ3n) is 4.29. The Bertz CT molecular complexity index is 577. The number of ether oxygens (including phenoxy) is 1. The summed E-state index contributed by atoms with van der Waals surface area (Å²) in [5.41, 5.74) is 0.663. The van der Waals surface area contributed by atoms with Crippen LogP contribution in [0.2, 0.25) is 0 Å². The van der Waals surface area contributed by atoms with Crippen LogP contribution in [0.3, 0.4) is 0 Å². The predicted octanol–water partition coefficient (Wildman–Crippen LogP) is 2.28. The minimum absolute atomic E-state index is 0.00192. The van der Waals surface area contributed by atoms with Gasteiger partial charge < -0.3 is 15.0 Å². The summed E-state index contributed by atoms with van der Waals surface area (Å²) in [5, 5.41) is 2.80. The number of benzene rings is 1. The van der Waals surface area contributed by atoms with Crippen molar-refractivity contribution >= 4 is 17.5 Å². The topological polar surface area (TPSA) is 58.6 Å². The van der Waals surface area contributed by atoms with Crippen molar-refractivity contribution in [3.63, 3.8) is 0 Å². The van der Waals surface area contributed by atoms with Crippen molar-refractivity contribution in [1.82, 2.24) is 4.90 Å². The number of hydrogen-bond acceptors (Lipinski definition) is 3. The summed E-state index contributed by atoms with van der Waals surface area (Å²) in [6.07, 6.45) is 0.506. The highest BCUT2D eigenvalue weighted by Crippen LogP contribution is 2.30. The molecular weight excluding hydrogens is 280 g/mol. The molecule has 22 heavy (non-hydrogen) atoms. The molecular formula is C17H22N2O3. The van der Waals surface area contributed by atoms with E-state index in [2.05, 4.69) is 19.2 Å². The van der Waals surface area contributed by atoms with Crippen LogP contribution in [0.25, 0.3) is 0 Å². The van der Waals surface area contributed by atoms with Gasteiger partial charge >= 0.3 is 0 Å². The summed E-state index contributed by atoms with van der Waals surface area (Å²) < 4.78 is 5.70. The van der Waals surface area contributed by atoms with Crippen LogP contribution in [0.1, 0.15) is 26.7 Å². The molecule has 3 unspecified atom stereocenters. The standard InChI is InChI=1S/C17H22N2O3/c1-11-7-12(2)10-19(9-11)16(20)8-15-17(21)18-13-5-3-4-6-14(13)22-15/h3-6,11-12,15H,7-10H2,1-2H3,(H,18,21). The molecule has 118 valence electrons. The molecule has 2 heterocycles. The van der Waals surface area contributed by atoms with E-state index in [1.807, 2.05) is 17.0 Å². The maximum Gasteiger partial charge on any atom is 0.266 e. The van der Waals surface area contributed by atoms with E-state index in [0.717, 1.165) is 19.5 Å². The Morgan fingerprint density at radius 2 is 1.95 bits per heavy atom. The minimum Gasteiger partial charge on any atom is -0.478 e. The van der Waals surface area contributed by atoms with E-state index in [-0.39, 0.29) is 18.2 Å². The second kappa shape index (κ2) is 5.99. The molecule has 3 rings (SSSR count). The summed E-state index contributed by atoms with van der Waals surface area (Å²) in [4.78, 5) is 26.4. The van der Waals surface area contributed by atoms with Crippen LogP contribution in [-0.4, -0.2) is 35.9 Å². The molecule has 3 atom stereocenters. The first kappa shape index (κ1) is 14.9. The van der Waals surface area contributed by atoms with Gasteiger partial charge in [-0.15, -0.1) is 0 Å². The van der Waals surface area contributed by atoms with E-state index in [4.69, 9.17) is 4.74 Å². The Kier molecular flexibility index (Phi) is 4.05. The lowest BCUT2D eigenvalue weighted by Crippen LogP contribution is -2.46. The fraction of sp³-hybridized carbons (Fsp3) is 0.529. The summed E-state index contributed by atoms with van der Waals surface area (Å²) in [6, 6.07) is 7.28. The average Bonchev–Trinajstić information content (AvgIpc) is 2.47. The van der Waals surface area contributed by atoms with Crippen molar-refractivity contribution in [2.24, 2.45) is 11.8 Å². The monoisotopic (exact) mass is 302 g/mol. The van der Waals surface area contributed by atoms with E-state index in [0.29, 0.717) is 23.3 Å². The molecule has 2 aliphatic heterocycles. The molecule has 2 aliphatic rings. The zero-order valence-electron chi connectivity index (χ0n) is 13.0. The Morgan fingerprint density at radius 1 is 1.27 bits per heavy atom. The first-order valence-electron chi connectivity index (χ1n) is 7.87. The van der Waals surface area contributed by atoms with E-state index in [1.54, 1.807) is 12.1 Å². The second-order valence-corrected chi connectivity index (χ2v) is 6.54. The maximum absolute atomic E-state index is 12.5. The summed E-state index contributed by atoms with van der Waals surface area (Å²) in [7, 11) is 0. The smallest absolute Gasteiger partial charge is 0.266 e. The number of nitrogens with zero attached hydrogens (tertiary/aromatic N) is 1. The predicted molar refractivity (Wildman–Crippen MR) is 83.6 cm³/mol. The summed E-state index contributed by atoms with van der Waals surface area (Å²) in [5.74, 6) is 1.40. The average molecular weight is 302 g/mol. The van der Waals surface area contributed by atoms with Gasteiger partial charge in [0, 0.05) is 13.1 Å². The lowest BCUT2D eigenvalue weighted by Gasteiger charge is -2.36. The van der Waals surface area contributed by atoms with Gasteiger partial charge in [-0.2, -0.15) is 0 Å². The van der Waals surface area contributed by atoms with Crippen LogP contribution >= 0.6 is 0 Å². The highest BCUT2D eigenvalue weighted by molar-refractivity contribution is 5.99. The van der Waals surface area contributed by atoms with Gasteiger partial charge in [-0.05, 0) is 30.4 Å². The first-order chi connectivity index (χ1) is 10.5. The van der Waals surface area contributed by atoms with Gasteiger partial charge in [0.1, 0.15) is 5.75 Å². The largest absolute Gasteiger partial charge is 0.478 e. The Balaban J connectivity index is 1.66. The highest BCUT2D eigenvalue weighted by atomic mass is 16.5. The molecule has 0 bridgehead atoms. The lowest BCUT2D eigenvalue weighted by atomic mass is 9.91. The molecule has 5 nitrogen and oxygen atoms in total. The molecule has 0 aromatic heterocycles. The number of fused-ring (bicyclic) bond motifs is 1. The number of amides is 2. The van der Waals surface area contributed by atoms with Crippen LogP contribution in [-0.2, 0) is 9.59 Å². The highest BCUT2D eigenvalue weighted by Gasteiger charge is 2.33. The molecule has 1 aromatic rings. The van der Waals surface area contributed by atoms with Gasteiger partial charge in [-0.25, -0.2) is 0 Å². The van der Waals surface area contributed by atoms with Gasteiger partial charge in [0.05, 0.1) is 12.1 Å². The van der Waals surface area contributed by atoms with Crippen molar-refractivity contribution in [3.8, 4) is 5.75 Å². The van der Waals surface area contributed by atoms with Crippen molar-refractivity contribution in [2.45, 2.75) is 32.8 Å². The van der Waals surface area contributed by atoms with E-state index in [9.17, 15) is 9.59 Å². The van der Waals surface area contributed by atoms with Crippen molar-refractivity contribution in [3.05, 3.63) is 24.3 Å². The number of nitrogens with one attached hydrogen (secondary N) is 1. The molecule has 1 N–H and O–H groups in total. The number of hydrogen-bond donors (Lipinski definition) is 1. The quantitative estimate of drug-likeness (QED) is 0.912. The molecule has 5 heteroatoms. The molecule has 1 saturated heterocycles. The Morgan fingerprint density at radius 3 is 2.68 bits per heavy atom. The first-order valence-corrected chi connectivity index (χ1v) is 7.87. The third-order valence-corrected chi connectivity index (χ3v) is 4.29. The van der Waals surface area contributed by atoms with Crippen molar-refractivity contribution in [1.29, 1.82) is 0 Å². The van der Waals surface area contributed by atoms with Gasteiger partial charge in [-0.3, -0.25) is 9.59 Å². The zero-order valence-corrected chi connectivity index (χ0v) is 13.0. The SMILES string of the molecule is CC1CC(C)CN(C(=O)CC2Oc3ccccc3NC2=O)C1. The number of likely N-dealkylation sites (tertiary alicyclic amines) is 1. The fourth-order valence-electron chi connectivity index (χ4n) is 3.38. The Labute approximate surface area is 130 Å². The number of carbonyl (C=O) groups excluding carboxylic acids is 2. The number of carbonyl (C=O) groups is 2. The molecule has 0 radical (unpaired) electrons. The van der Waals surface area contributed by atoms with Gasteiger partial charge in [0.25, 0.3) is 5.91 Å². The molecule has 2 amide bonds. The number of para-hydroxylation sites is 2. The number of rotatable bonds is 2. The minimum atomic E-state index is -0.741. The van der Waals surface area contributed by atoms with Crippen molar-refractivity contribution < 1.29 is 14.3 Å². The number of piperidine rings is 1. The van der Waals surface area contributed by atoms with E-state index >= 15 is 0 Å². The van der Waals surface area contributed by atoms with Crippen molar-refractivity contribution in [2.75, 3.05) is 18.4 Å². The fourth-order valence-corrected chi connectivity index (χ4v) is 3.38. The third kappa shape index (κ3) is 3.08. The van der Waals surface area contributed by atoms with E-state index < -0.39 is 6.10 Å². The molecule has 1 aromatic carbocycles. The van der Waals surface area contributed by atoms with Crippen LogP contribution < -0.4 is 10.1 Å². The maximum atomic E-state index is 12.5. The van der Waals surface area contributed by atoms with Gasteiger partial charge in [-0.1, -0.05) is 26.0 Å². The van der Waals surface area contributed by atoms with Crippen LogP contribution in [0.4, 0.5) is 5.69 Å². The second-order valence-electron chi connectivity index (χ2n) is 6.54.